The van der Waals surface area contributed by atoms with E-state index in [9.17, 15) is 9.59 Å². The Morgan fingerprint density at radius 3 is 2.73 bits per heavy atom. The summed E-state index contributed by atoms with van der Waals surface area (Å²) in [6.07, 6.45) is 4.29. The predicted octanol–water partition coefficient (Wildman–Crippen LogP) is 2.13. The zero-order valence-electron chi connectivity index (χ0n) is 12.6. The largest absolute Gasteiger partial charge is 0.352 e. The van der Waals surface area contributed by atoms with Gasteiger partial charge in [-0.3, -0.25) is 4.79 Å². The maximum atomic E-state index is 12.0. The molecule has 3 amide bonds. The van der Waals surface area contributed by atoms with Crippen molar-refractivity contribution in [2.45, 2.75) is 44.7 Å². The number of urea groups is 1. The average molecular weight is 300 g/mol. The topological polar surface area (TPSA) is 94.0 Å². The standard InChI is InChI=1S/C16H20N4O2/c1-11(15(21)19-13-6-2-3-7-13)18-16(22)20-14-8-4-5-12(9-14)10-17/h4-5,8-9,11,13H,2-3,6-7H2,1H3,(H,19,21)(H2,18,20,22). The highest BCUT2D eigenvalue weighted by atomic mass is 16.2. The number of amides is 3. The molecule has 0 radical (unpaired) electrons. The van der Waals surface area contributed by atoms with Crippen LogP contribution in [0.5, 0.6) is 0 Å². The van der Waals surface area contributed by atoms with Crippen LogP contribution in [-0.4, -0.2) is 24.0 Å². The molecule has 1 saturated carbocycles. The van der Waals surface area contributed by atoms with Gasteiger partial charge in [0.15, 0.2) is 0 Å². The highest BCUT2D eigenvalue weighted by Gasteiger charge is 2.21. The maximum absolute atomic E-state index is 12.0. The summed E-state index contributed by atoms with van der Waals surface area (Å²) in [7, 11) is 0. The van der Waals surface area contributed by atoms with Crippen molar-refractivity contribution < 1.29 is 9.59 Å². The van der Waals surface area contributed by atoms with Crippen molar-refractivity contribution in [3.8, 4) is 6.07 Å². The molecule has 2 rings (SSSR count). The Kier molecular flexibility index (Phi) is 5.37. The summed E-state index contributed by atoms with van der Waals surface area (Å²) < 4.78 is 0. The SMILES string of the molecule is CC(NC(=O)Nc1cccc(C#N)c1)C(=O)NC1CCCC1. The lowest BCUT2D eigenvalue weighted by Crippen LogP contribution is -2.48. The third-order valence-electron chi connectivity index (χ3n) is 3.69. The molecule has 0 aromatic heterocycles. The summed E-state index contributed by atoms with van der Waals surface area (Å²) in [4.78, 5) is 23.9. The third-order valence-corrected chi connectivity index (χ3v) is 3.69. The Labute approximate surface area is 129 Å². The van der Waals surface area contributed by atoms with Crippen LogP contribution in [0, 0.1) is 11.3 Å². The lowest BCUT2D eigenvalue weighted by atomic mass is 10.2. The Hall–Kier alpha value is -2.55. The second kappa shape index (κ2) is 7.46. The molecule has 1 unspecified atom stereocenters. The van der Waals surface area contributed by atoms with Gasteiger partial charge in [-0.15, -0.1) is 0 Å². The van der Waals surface area contributed by atoms with Crippen LogP contribution in [0.1, 0.15) is 38.2 Å². The van der Waals surface area contributed by atoms with Gasteiger partial charge in [-0.05, 0) is 38.0 Å². The van der Waals surface area contributed by atoms with Gasteiger partial charge in [-0.1, -0.05) is 18.9 Å². The molecular weight excluding hydrogens is 280 g/mol. The quantitative estimate of drug-likeness (QED) is 0.795. The molecule has 6 nitrogen and oxygen atoms in total. The van der Waals surface area contributed by atoms with E-state index in [1.54, 1.807) is 31.2 Å². The number of carbonyl (C=O) groups excluding carboxylic acids is 2. The molecule has 1 aliphatic carbocycles. The smallest absolute Gasteiger partial charge is 0.319 e. The van der Waals surface area contributed by atoms with Gasteiger partial charge in [0.1, 0.15) is 6.04 Å². The molecule has 1 aromatic rings. The molecule has 3 N–H and O–H groups in total. The van der Waals surface area contributed by atoms with Gasteiger partial charge in [0.2, 0.25) is 5.91 Å². The van der Waals surface area contributed by atoms with E-state index in [-0.39, 0.29) is 11.9 Å². The van der Waals surface area contributed by atoms with Gasteiger partial charge in [0.05, 0.1) is 11.6 Å². The van der Waals surface area contributed by atoms with Gasteiger partial charge < -0.3 is 16.0 Å². The van der Waals surface area contributed by atoms with Crippen LogP contribution in [-0.2, 0) is 4.79 Å². The van der Waals surface area contributed by atoms with Crippen LogP contribution < -0.4 is 16.0 Å². The van der Waals surface area contributed by atoms with E-state index in [4.69, 9.17) is 5.26 Å². The molecule has 0 saturated heterocycles. The second-order valence-corrected chi connectivity index (χ2v) is 5.50. The summed E-state index contributed by atoms with van der Waals surface area (Å²) in [5, 5.41) is 17.0. The Balaban J connectivity index is 1.82. The van der Waals surface area contributed by atoms with E-state index in [0.717, 1.165) is 25.7 Å². The van der Waals surface area contributed by atoms with Crippen LogP contribution in [0.25, 0.3) is 0 Å². The first-order valence-electron chi connectivity index (χ1n) is 7.46. The van der Waals surface area contributed by atoms with E-state index in [1.807, 2.05) is 6.07 Å². The first-order valence-corrected chi connectivity index (χ1v) is 7.46. The maximum Gasteiger partial charge on any atom is 0.319 e. The van der Waals surface area contributed by atoms with Crippen molar-refractivity contribution in [3.63, 3.8) is 0 Å². The van der Waals surface area contributed by atoms with Crippen LogP contribution >= 0.6 is 0 Å². The van der Waals surface area contributed by atoms with Gasteiger partial charge in [0, 0.05) is 11.7 Å². The Morgan fingerprint density at radius 1 is 1.32 bits per heavy atom. The highest BCUT2D eigenvalue weighted by Crippen LogP contribution is 2.17. The van der Waals surface area contributed by atoms with E-state index < -0.39 is 12.1 Å². The molecule has 1 aromatic carbocycles. The molecule has 0 heterocycles. The van der Waals surface area contributed by atoms with Gasteiger partial charge in [-0.2, -0.15) is 5.26 Å². The van der Waals surface area contributed by atoms with Crippen LogP contribution in [0.3, 0.4) is 0 Å². The number of benzene rings is 1. The number of hydrogen-bond acceptors (Lipinski definition) is 3. The molecule has 116 valence electrons. The van der Waals surface area contributed by atoms with Crippen molar-refractivity contribution in [2.24, 2.45) is 0 Å². The third kappa shape index (κ3) is 4.48. The van der Waals surface area contributed by atoms with E-state index in [1.165, 1.54) is 0 Å². The van der Waals surface area contributed by atoms with E-state index in [2.05, 4.69) is 16.0 Å². The average Bonchev–Trinajstić information content (AvgIpc) is 3.00. The van der Waals surface area contributed by atoms with Gasteiger partial charge in [-0.25, -0.2) is 4.79 Å². The molecule has 1 fully saturated rings. The monoisotopic (exact) mass is 300 g/mol. The van der Waals surface area contributed by atoms with E-state index >= 15 is 0 Å². The molecule has 0 bridgehead atoms. The first-order chi connectivity index (χ1) is 10.6. The molecule has 6 heteroatoms. The minimum Gasteiger partial charge on any atom is -0.352 e. The summed E-state index contributed by atoms with van der Waals surface area (Å²) in [5.74, 6) is -0.173. The number of nitriles is 1. The van der Waals surface area contributed by atoms with Gasteiger partial charge >= 0.3 is 6.03 Å². The normalized spacial score (nSPS) is 15.6. The lowest BCUT2D eigenvalue weighted by Gasteiger charge is -2.18. The van der Waals surface area contributed by atoms with Crippen LogP contribution in [0.2, 0.25) is 0 Å². The van der Waals surface area contributed by atoms with Crippen molar-refractivity contribution in [2.75, 3.05) is 5.32 Å². The molecular formula is C16H20N4O2. The van der Waals surface area contributed by atoms with E-state index in [0.29, 0.717) is 11.3 Å². The minimum absolute atomic E-state index is 0.173. The second-order valence-electron chi connectivity index (χ2n) is 5.50. The molecule has 0 spiro atoms. The summed E-state index contributed by atoms with van der Waals surface area (Å²) in [5.41, 5.74) is 0.977. The predicted molar refractivity (Wildman–Crippen MR) is 83.2 cm³/mol. The van der Waals surface area contributed by atoms with Crippen molar-refractivity contribution in [1.29, 1.82) is 5.26 Å². The molecule has 22 heavy (non-hydrogen) atoms. The zero-order valence-corrected chi connectivity index (χ0v) is 12.6. The molecule has 1 aliphatic rings. The van der Waals surface area contributed by atoms with Crippen LogP contribution in [0.4, 0.5) is 10.5 Å². The fraction of sp³-hybridized carbons (Fsp3) is 0.438. The number of carbonyl (C=O) groups is 2. The molecule has 1 atom stereocenters. The highest BCUT2D eigenvalue weighted by molar-refractivity contribution is 5.93. The Morgan fingerprint density at radius 2 is 2.05 bits per heavy atom. The fourth-order valence-corrected chi connectivity index (χ4v) is 2.49. The van der Waals surface area contributed by atoms with Crippen molar-refractivity contribution >= 4 is 17.6 Å². The number of nitrogens with one attached hydrogen (secondary N) is 3. The number of rotatable bonds is 4. The van der Waals surface area contributed by atoms with Crippen molar-refractivity contribution in [1.82, 2.24) is 10.6 Å². The summed E-state index contributed by atoms with van der Waals surface area (Å²) in [6.45, 7) is 1.65. The fourth-order valence-electron chi connectivity index (χ4n) is 2.49. The van der Waals surface area contributed by atoms with Crippen molar-refractivity contribution in [3.05, 3.63) is 29.8 Å². The minimum atomic E-state index is -0.611. The summed E-state index contributed by atoms with van der Waals surface area (Å²) in [6, 6.07) is 7.75. The number of nitrogens with zero attached hydrogens (tertiary/aromatic N) is 1. The zero-order chi connectivity index (χ0) is 15.9. The Bertz CT molecular complexity index is 588. The molecule has 0 aliphatic heterocycles. The van der Waals surface area contributed by atoms with Gasteiger partial charge in [0.25, 0.3) is 0 Å². The number of hydrogen-bond donors (Lipinski definition) is 3. The summed E-state index contributed by atoms with van der Waals surface area (Å²) >= 11 is 0. The number of anilines is 1. The lowest BCUT2D eigenvalue weighted by molar-refractivity contribution is -0.123. The first kappa shape index (κ1) is 15.8. The van der Waals surface area contributed by atoms with Crippen LogP contribution in [0.15, 0.2) is 24.3 Å².